The van der Waals surface area contributed by atoms with Crippen LogP contribution in [0.2, 0.25) is 0 Å². The van der Waals surface area contributed by atoms with Crippen LogP contribution in [0, 0.1) is 6.92 Å². The number of fused-ring (bicyclic) bond motifs is 1. The van der Waals surface area contributed by atoms with Crippen LogP contribution in [0.3, 0.4) is 0 Å². The van der Waals surface area contributed by atoms with Crippen molar-refractivity contribution in [1.82, 2.24) is 19.6 Å². The lowest BCUT2D eigenvalue weighted by atomic mass is 9.79. The highest BCUT2D eigenvalue weighted by Crippen LogP contribution is 2.39. The molecule has 0 radical (unpaired) electrons. The standard InChI is InChI=1S/C24H34N4O/c1-5-20-17(2)22(27(4)25-20)24(29)28-15-10-9-13-21-23(28)19(14-16-26(21)3)18-11-7-6-8-12-18/h6-8,11-12,19,21,23H,5,9-10,13-16H2,1-4H3/t19-,21-,23-/m1/s1. The normalized spacial score (nSPS) is 25.5. The summed E-state index contributed by atoms with van der Waals surface area (Å²) in [6.45, 7) is 6.08. The molecule has 3 heterocycles. The van der Waals surface area contributed by atoms with E-state index in [0.29, 0.717) is 12.0 Å². The fourth-order valence-corrected chi connectivity index (χ4v) is 5.57. The van der Waals surface area contributed by atoms with E-state index in [2.05, 4.69) is 66.1 Å². The molecule has 0 spiro atoms. The monoisotopic (exact) mass is 394 g/mol. The Morgan fingerprint density at radius 3 is 2.55 bits per heavy atom. The summed E-state index contributed by atoms with van der Waals surface area (Å²) in [5, 5.41) is 4.62. The van der Waals surface area contributed by atoms with Crippen LogP contribution in [-0.4, -0.2) is 57.7 Å². The molecule has 29 heavy (non-hydrogen) atoms. The number of hydrogen-bond donors (Lipinski definition) is 0. The molecule has 2 fully saturated rings. The molecule has 2 saturated heterocycles. The second kappa shape index (κ2) is 8.31. The zero-order valence-electron chi connectivity index (χ0n) is 18.3. The lowest BCUT2D eigenvalue weighted by Crippen LogP contribution is -2.58. The maximum absolute atomic E-state index is 13.9. The van der Waals surface area contributed by atoms with E-state index in [1.54, 1.807) is 4.68 Å². The largest absolute Gasteiger partial charge is 0.332 e. The number of benzene rings is 1. The Kier molecular flexibility index (Phi) is 5.77. The Morgan fingerprint density at radius 1 is 1.10 bits per heavy atom. The van der Waals surface area contributed by atoms with E-state index < -0.39 is 0 Å². The van der Waals surface area contributed by atoms with Gasteiger partial charge in [0.05, 0.1) is 11.7 Å². The molecule has 0 aliphatic carbocycles. The smallest absolute Gasteiger partial charge is 0.272 e. The minimum Gasteiger partial charge on any atom is -0.332 e. The van der Waals surface area contributed by atoms with Crippen LogP contribution >= 0.6 is 0 Å². The van der Waals surface area contributed by atoms with Crippen LogP contribution in [0.25, 0.3) is 0 Å². The van der Waals surface area contributed by atoms with Crippen molar-refractivity contribution < 1.29 is 4.79 Å². The minimum atomic E-state index is 0.158. The number of carbonyl (C=O) groups is 1. The predicted molar refractivity (Wildman–Crippen MR) is 116 cm³/mol. The van der Waals surface area contributed by atoms with E-state index in [1.807, 2.05) is 7.05 Å². The lowest BCUT2D eigenvalue weighted by molar-refractivity contribution is 0.0337. The molecule has 4 rings (SSSR count). The van der Waals surface area contributed by atoms with Gasteiger partial charge in [0.15, 0.2) is 0 Å². The van der Waals surface area contributed by atoms with E-state index in [9.17, 15) is 4.79 Å². The van der Waals surface area contributed by atoms with Gasteiger partial charge in [-0.25, -0.2) is 0 Å². The van der Waals surface area contributed by atoms with Gasteiger partial charge in [-0.1, -0.05) is 43.7 Å². The molecule has 1 aromatic heterocycles. The molecular formula is C24H34N4O. The van der Waals surface area contributed by atoms with E-state index in [0.717, 1.165) is 49.3 Å². The summed E-state index contributed by atoms with van der Waals surface area (Å²) in [7, 11) is 4.15. The van der Waals surface area contributed by atoms with Crippen LogP contribution in [-0.2, 0) is 13.5 Å². The first-order chi connectivity index (χ1) is 14.0. The molecule has 2 aliphatic heterocycles. The molecule has 0 N–H and O–H groups in total. The lowest BCUT2D eigenvalue weighted by Gasteiger charge is -2.48. The summed E-state index contributed by atoms with van der Waals surface area (Å²) >= 11 is 0. The molecule has 0 bridgehead atoms. The van der Waals surface area contributed by atoms with Crippen LogP contribution in [0.5, 0.6) is 0 Å². The SMILES string of the molecule is CCc1nn(C)c(C(=O)N2CCCC[C@@H]3[C@H]2[C@@H](c2ccccc2)CCN3C)c1C. The summed E-state index contributed by atoms with van der Waals surface area (Å²) in [5.41, 5.74) is 4.21. The quantitative estimate of drug-likeness (QED) is 0.796. The summed E-state index contributed by atoms with van der Waals surface area (Å²) in [6.07, 6.45) is 5.37. The highest BCUT2D eigenvalue weighted by Gasteiger charge is 2.44. The van der Waals surface area contributed by atoms with Crippen molar-refractivity contribution in [3.05, 3.63) is 52.8 Å². The third-order valence-corrected chi connectivity index (χ3v) is 7.08. The Balaban J connectivity index is 1.76. The first kappa shape index (κ1) is 20.1. The van der Waals surface area contributed by atoms with Gasteiger partial charge >= 0.3 is 0 Å². The van der Waals surface area contributed by atoms with Crippen molar-refractivity contribution in [1.29, 1.82) is 0 Å². The zero-order valence-corrected chi connectivity index (χ0v) is 18.3. The Hall–Kier alpha value is -2.14. The van der Waals surface area contributed by atoms with Crippen LogP contribution < -0.4 is 0 Å². The van der Waals surface area contributed by atoms with Gasteiger partial charge in [-0.05, 0) is 51.8 Å². The number of piperidine rings is 1. The van der Waals surface area contributed by atoms with Crippen molar-refractivity contribution in [3.63, 3.8) is 0 Å². The van der Waals surface area contributed by atoms with Crippen molar-refractivity contribution in [2.75, 3.05) is 20.1 Å². The highest BCUT2D eigenvalue weighted by atomic mass is 16.2. The number of carbonyl (C=O) groups excluding carboxylic acids is 1. The third kappa shape index (κ3) is 3.61. The van der Waals surface area contributed by atoms with Gasteiger partial charge in [-0.3, -0.25) is 9.48 Å². The average Bonchev–Trinajstić information content (AvgIpc) is 2.89. The predicted octanol–water partition coefficient (Wildman–Crippen LogP) is 3.77. The third-order valence-electron chi connectivity index (χ3n) is 7.08. The number of rotatable bonds is 3. The first-order valence-corrected chi connectivity index (χ1v) is 11.1. The van der Waals surface area contributed by atoms with Gasteiger partial charge in [0.1, 0.15) is 5.69 Å². The number of aryl methyl sites for hydroxylation is 2. The molecule has 5 nitrogen and oxygen atoms in total. The number of likely N-dealkylation sites (tertiary alicyclic amines) is 2. The number of amides is 1. The minimum absolute atomic E-state index is 0.158. The summed E-state index contributed by atoms with van der Waals surface area (Å²) in [6, 6.07) is 11.5. The maximum Gasteiger partial charge on any atom is 0.272 e. The fraction of sp³-hybridized carbons (Fsp3) is 0.583. The molecule has 3 atom stereocenters. The number of nitrogens with zero attached hydrogens (tertiary/aromatic N) is 4. The van der Waals surface area contributed by atoms with Gasteiger partial charge < -0.3 is 9.80 Å². The van der Waals surface area contributed by atoms with Crippen LogP contribution in [0.4, 0.5) is 0 Å². The summed E-state index contributed by atoms with van der Waals surface area (Å²) in [4.78, 5) is 18.6. The highest BCUT2D eigenvalue weighted by molar-refractivity contribution is 5.94. The molecule has 2 aliphatic rings. The molecule has 156 valence electrons. The number of aromatic nitrogens is 2. The van der Waals surface area contributed by atoms with E-state index >= 15 is 0 Å². The van der Waals surface area contributed by atoms with Crippen molar-refractivity contribution >= 4 is 5.91 Å². The molecule has 2 aromatic rings. The van der Waals surface area contributed by atoms with Gasteiger partial charge in [0.2, 0.25) is 0 Å². The van der Waals surface area contributed by atoms with E-state index in [1.165, 1.54) is 18.4 Å². The molecule has 1 aromatic carbocycles. The topological polar surface area (TPSA) is 41.4 Å². The Labute approximate surface area is 174 Å². The molecule has 1 amide bonds. The Morgan fingerprint density at radius 2 is 1.86 bits per heavy atom. The molecular weight excluding hydrogens is 360 g/mol. The summed E-state index contributed by atoms with van der Waals surface area (Å²) in [5.74, 6) is 0.545. The van der Waals surface area contributed by atoms with Crippen molar-refractivity contribution in [2.45, 2.75) is 64.0 Å². The number of likely N-dealkylation sites (N-methyl/N-ethyl adjacent to an activating group) is 1. The van der Waals surface area contributed by atoms with Crippen LogP contribution in [0.1, 0.15) is 65.8 Å². The molecule has 5 heteroatoms. The molecule has 0 unspecified atom stereocenters. The second-order valence-corrected chi connectivity index (χ2v) is 8.74. The van der Waals surface area contributed by atoms with E-state index in [-0.39, 0.29) is 11.9 Å². The zero-order chi connectivity index (χ0) is 20.5. The average molecular weight is 395 g/mol. The van der Waals surface area contributed by atoms with Gasteiger partial charge in [-0.15, -0.1) is 0 Å². The summed E-state index contributed by atoms with van der Waals surface area (Å²) < 4.78 is 1.81. The van der Waals surface area contributed by atoms with Gasteiger partial charge in [0, 0.05) is 31.1 Å². The van der Waals surface area contributed by atoms with Gasteiger partial charge in [0.25, 0.3) is 5.91 Å². The number of hydrogen-bond acceptors (Lipinski definition) is 3. The Bertz CT molecular complexity index is 859. The second-order valence-electron chi connectivity index (χ2n) is 8.74. The molecule has 0 saturated carbocycles. The maximum atomic E-state index is 13.9. The fourth-order valence-electron chi connectivity index (χ4n) is 5.57. The van der Waals surface area contributed by atoms with E-state index in [4.69, 9.17) is 0 Å². The van der Waals surface area contributed by atoms with Crippen LogP contribution in [0.15, 0.2) is 30.3 Å². The van der Waals surface area contributed by atoms with Crippen molar-refractivity contribution in [3.8, 4) is 0 Å². The van der Waals surface area contributed by atoms with Crippen molar-refractivity contribution in [2.24, 2.45) is 7.05 Å². The first-order valence-electron chi connectivity index (χ1n) is 11.1. The van der Waals surface area contributed by atoms with Gasteiger partial charge in [-0.2, -0.15) is 5.10 Å².